The van der Waals surface area contributed by atoms with Gasteiger partial charge in [0.1, 0.15) is 12.6 Å². The number of carbonyl (C=O) groups excluding carboxylic acids is 2. The van der Waals surface area contributed by atoms with E-state index in [9.17, 15) is 18.0 Å². The molecule has 2 aromatic carbocycles. The summed E-state index contributed by atoms with van der Waals surface area (Å²) in [5, 5.41) is 2.99. The van der Waals surface area contributed by atoms with Crippen molar-refractivity contribution in [3.05, 3.63) is 63.6 Å². The summed E-state index contributed by atoms with van der Waals surface area (Å²) in [6, 6.07) is 11.2. The van der Waals surface area contributed by atoms with Gasteiger partial charge in [0.15, 0.2) is 0 Å². The van der Waals surface area contributed by atoms with Gasteiger partial charge in [-0.05, 0) is 37.1 Å². The van der Waals surface area contributed by atoms with Gasteiger partial charge < -0.3 is 10.2 Å². The molecule has 0 saturated heterocycles. The summed E-state index contributed by atoms with van der Waals surface area (Å²) in [7, 11) is -2.39. The normalized spacial score (nSPS) is 12.2. The molecule has 0 saturated carbocycles. The number of halogens is 2. The summed E-state index contributed by atoms with van der Waals surface area (Å²) in [5.74, 6) is -0.872. The number of nitrogens with one attached hydrogen (secondary N) is 1. The molecule has 0 aliphatic heterocycles. The number of hydrogen-bond acceptors (Lipinski definition) is 4. The van der Waals surface area contributed by atoms with Crippen molar-refractivity contribution in [2.24, 2.45) is 0 Å². The average molecular weight is 500 g/mol. The van der Waals surface area contributed by atoms with Crippen molar-refractivity contribution < 1.29 is 18.0 Å². The third-order valence-electron chi connectivity index (χ3n) is 4.92. The highest BCUT2D eigenvalue weighted by Gasteiger charge is 2.32. The smallest absolute Gasteiger partial charge is 0.244 e. The van der Waals surface area contributed by atoms with Crippen LogP contribution in [0.15, 0.2) is 42.5 Å². The molecule has 2 amide bonds. The molecular weight excluding hydrogens is 473 g/mol. The zero-order valence-electron chi connectivity index (χ0n) is 18.4. The minimum Gasteiger partial charge on any atom is -0.357 e. The highest BCUT2D eigenvalue weighted by atomic mass is 35.5. The summed E-state index contributed by atoms with van der Waals surface area (Å²) in [4.78, 5) is 27.4. The van der Waals surface area contributed by atoms with E-state index in [1.165, 1.54) is 30.1 Å². The maximum Gasteiger partial charge on any atom is 0.244 e. The first-order valence-corrected chi connectivity index (χ1v) is 12.6. The topological polar surface area (TPSA) is 86.8 Å². The largest absolute Gasteiger partial charge is 0.357 e. The molecule has 174 valence electrons. The predicted molar refractivity (Wildman–Crippen MR) is 129 cm³/mol. The molecule has 1 atom stereocenters. The second-order valence-corrected chi connectivity index (χ2v) is 10.2. The number of carbonyl (C=O) groups is 2. The monoisotopic (exact) mass is 499 g/mol. The number of hydrogen-bond donors (Lipinski definition) is 1. The Bertz CT molecular complexity index is 1090. The van der Waals surface area contributed by atoms with Gasteiger partial charge in [0.25, 0.3) is 0 Å². The van der Waals surface area contributed by atoms with Gasteiger partial charge in [-0.25, -0.2) is 8.42 Å². The molecule has 2 rings (SSSR count). The van der Waals surface area contributed by atoms with E-state index < -0.39 is 28.5 Å². The zero-order chi connectivity index (χ0) is 24.1. The molecule has 32 heavy (non-hydrogen) atoms. The molecule has 2 aromatic rings. The number of sulfonamides is 1. The van der Waals surface area contributed by atoms with E-state index in [1.54, 1.807) is 6.92 Å². The van der Waals surface area contributed by atoms with E-state index in [0.717, 1.165) is 21.7 Å². The fraction of sp³-hybridized carbons (Fsp3) is 0.364. The third kappa shape index (κ3) is 6.60. The number of likely N-dealkylation sites (N-methyl/N-ethyl adjacent to an activating group) is 1. The van der Waals surface area contributed by atoms with Gasteiger partial charge in [0.2, 0.25) is 21.8 Å². The van der Waals surface area contributed by atoms with E-state index >= 15 is 0 Å². The van der Waals surface area contributed by atoms with Crippen LogP contribution in [0.5, 0.6) is 0 Å². The van der Waals surface area contributed by atoms with Crippen LogP contribution in [-0.4, -0.2) is 51.0 Å². The number of benzene rings is 2. The predicted octanol–water partition coefficient (Wildman–Crippen LogP) is 3.62. The molecule has 0 aliphatic rings. The first kappa shape index (κ1) is 26.0. The van der Waals surface area contributed by atoms with Crippen molar-refractivity contribution >= 4 is 50.7 Å². The van der Waals surface area contributed by atoms with Crippen molar-refractivity contribution in [3.8, 4) is 0 Å². The Balaban J connectivity index is 2.47. The van der Waals surface area contributed by atoms with Crippen molar-refractivity contribution in [2.75, 3.05) is 24.2 Å². The number of amides is 2. The van der Waals surface area contributed by atoms with E-state index in [2.05, 4.69) is 5.32 Å². The Kier molecular flexibility index (Phi) is 8.95. The summed E-state index contributed by atoms with van der Waals surface area (Å²) in [6.45, 7) is 3.34. The number of nitrogens with zero attached hydrogens (tertiary/aromatic N) is 2. The Morgan fingerprint density at radius 2 is 1.81 bits per heavy atom. The quantitative estimate of drug-likeness (QED) is 0.570. The average Bonchev–Trinajstić information content (AvgIpc) is 2.72. The molecule has 0 aromatic heterocycles. The van der Waals surface area contributed by atoms with Crippen LogP contribution in [0.1, 0.15) is 24.5 Å². The molecule has 7 nitrogen and oxygen atoms in total. The van der Waals surface area contributed by atoms with E-state index in [4.69, 9.17) is 23.2 Å². The number of aryl methyl sites for hydroxylation is 1. The summed E-state index contributed by atoms with van der Waals surface area (Å²) >= 11 is 12.3. The third-order valence-corrected chi connectivity index (χ3v) is 6.60. The molecule has 1 unspecified atom stereocenters. The molecule has 0 spiro atoms. The van der Waals surface area contributed by atoms with Crippen molar-refractivity contribution in [3.63, 3.8) is 0 Å². The van der Waals surface area contributed by atoms with Gasteiger partial charge in [0.05, 0.1) is 17.0 Å². The van der Waals surface area contributed by atoms with Gasteiger partial charge in [-0.2, -0.15) is 0 Å². The van der Waals surface area contributed by atoms with Crippen LogP contribution in [0.2, 0.25) is 10.0 Å². The lowest BCUT2D eigenvalue weighted by atomic mass is 10.1. The van der Waals surface area contributed by atoms with Crippen molar-refractivity contribution in [1.82, 2.24) is 10.2 Å². The lowest BCUT2D eigenvalue weighted by Gasteiger charge is -2.32. The fourth-order valence-electron chi connectivity index (χ4n) is 3.37. The van der Waals surface area contributed by atoms with Crippen LogP contribution in [0, 0.1) is 6.92 Å². The SMILES string of the molecule is CCC(C(=O)NC)N(Cc1cccc(C)c1)C(=O)CN(c1cc(Cl)ccc1Cl)S(C)(=O)=O. The van der Waals surface area contributed by atoms with Gasteiger partial charge in [-0.3, -0.25) is 13.9 Å². The first-order chi connectivity index (χ1) is 15.0. The fourth-order valence-corrected chi connectivity index (χ4v) is 4.65. The molecule has 0 aliphatic carbocycles. The molecule has 0 radical (unpaired) electrons. The molecule has 10 heteroatoms. The Morgan fingerprint density at radius 1 is 1.12 bits per heavy atom. The van der Waals surface area contributed by atoms with Gasteiger partial charge in [-0.15, -0.1) is 0 Å². The Morgan fingerprint density at radius 3 is 2.38 bits per heavy atom. The maximum atomic E-state index is 13.4. The Hall–Kier alpha value is -2.29. The van der Waals surface area contributed by atoms with Gasteiger partial charge in [-0.1, -0.05) is 60.0 Å². The number of anilines is 1. The minimum absolute atomic E-state index is 0.0958. The van der Waals surface area contributed by atoms with Gasteiger partial charge in [0, 0.05) is 18.6 Å². The summed E-state index contributed by atoms with van der Waals surface area (Å²) in [5.41, 5.74) is 1.93. The minimum atomic E-state index is -3.88. The van der Waals surface area contributed by atoms with Crippen molar-refractivity contribution in [1.29, 1.82) is 0 Å². The van der Waals surface area contributed by atoms with E-state index in [1.807, 2.05) is 31.2 Å². The molecule has 0 bridgehead atoms. The lowest BCUT2D eigenvalue weighted by molar-refractivity contribution is -0.140. The second kappa shape index (κ2) is 11.0. The Labute approximate surface area is 199 Å². The van der Waals surface area contributed by atoms with Crippen LogP contribution < -0.4 is 9.62 Å². The second-order valence-electron chi connectivity index (χ2n) is 7.41. The highest BCUT2D eigenvalue weighted by Crippen LogP contribution is 2.31. The molecule has 0 heterocycles. The molecular formula is C22H27Cl2N3O4S. The van der Waals surface area contributed by atoms with Crippen LogP contribution in [-0.2, 0) is 26.2 Å². The van der Waals surface area contributed by atoms with Gasteiger partial charge >= 0.3 is 0 Å². The van der Waals surface area contributed by atoms with Crippen LogP contribution >= 0.6 is 23.2 Å². The summed E-state index contributed by atoms with van der Waals surface area (Å²) in [6.07, 6.45) is 1.34. The molecule has 1 N–H and O–H groups in total. The van der Waals surface area contributed by atoms with Crippen LogP contribution in [0.25, 0.3) is 0 Å². The highest BCUT2D eigenvalue weighted by molar-refractivity contribution is 7.92. The van der Waals surface area contributed by atoms with Crippen LogP contribution in [0.3, 0.4) is 0 Å². The van der Waals surface area contributed by atoms with Crippen molar-refractivity contribution in [2.45, 2.75) is 32.9 Å². The van der Waals surface area contributed by atoms with Crippen LogP contribution in [0.4, 0.5) is 5.69 Å². The lowest BCUT2D eigenvalue weighted by Crippen LogP contribution is -2.51. The standard InChI is InChI=1S/C22H27Cl2N3O4S/c1-5-19(22(29)25-3)26(13-16-8-6-7-15(2)11-16)21(28)14-27(32(4,30)31)20-12-17(23)9-10-18(20)24/h6-12,19H,5,13-14H2,1-4H3,(H,25,29). The molecule has 0 fully saturated rings. The zero-order valence-corrected chi connectivity index (χ0v) is 20.8. The first-order valence-electron chi connectivity index (χ1n) is 9.97. The maximum absolute atomic E-state index is 13.4. The van der Waals surface area contributed by atoms with E-state index in [-0.39, 0.29) is 28.2 Å². The van der Waals surface area contributed by atoms with E-state index in [0.29, 0.717) is 6.42 Å². The number of rotatable bonds is 9. The summed E-state index contributed by atoms with van der Waals surface area (Å²) < 4.78 is 26.0.